The number of nitrogens with zero attached hydrogens (tertiary/aromatic N) is 3. The molecule has 37 heavy (non-hydrogen) atoms. The minimum Gasteiger partial charge on any atom is -0.490 e. The molecule has 0 amide bonds. The number of hydrogen-bond acceptors (Lipinski definition) is 9. The van der Waals surface area contributed by atoms with Gasteiger partial charge in [0, 0.05) is 12.3 Å². The average Bonchev–Trinajstić information content (AvgIpc) is 3.20. The summed E-state index contributed by atoms with van der Waals surface area (Å²) in [7, 11) is 1.25. The predicted molar refractivity (Wildman–Crippen MR) is 138 cm³/mol. The number of hydrogen-bond donors (Lipinski definition) is 0. The molecule has 192 valence electrons. The summed E-state index contributed by atoms with van der Waals surface area (Å²) in [5.41, 5.74) is 0.479. The molecule has 0 saturated heterocycles. The second-order valence-electron chi connectivity index (χ2n) is 7.72. The predicted octanol–water partition coefficient (Wildman–Crippen LogP) is 3.38. The Kier molecular flexibility index (Phi) is 7.74. The Balaban J connectivity index is 1.90. The first-order chi connectivity index (χ1) is 17.8. The van der Waals surface area contributed by atoms with Crippen molar-refractivity contribution < 1.29 is 23.9 Å². The molecule has 0 N–H and O–H groups in total. The van der Waals surface area contributed by atoms with E-state index in [1.807, 2.05) is 13.8 Å². The molecular formula is C25H22ClN3O7S. The van der Waals surface area contributed by atoms with Crippen LogP contribution >= 0.6 is 22.9 Å². The molecule has 12 heteroatoms. The summed E-state index contributed by atoms with van der Waals surface area (Å²) in [5.74, 6) is 0.371. The molecule has 0 radical (unpaired) electrons. The van der Waals surface area contributed by atoms with Crippen LogP contribution in [0.15, 0.2) is 58.0 Å². The number of ether oxygens (including phenoxy) is 3. The van der Waals surface area contributed by atoms with E-state index in [0.717, 1.165) is 11.3 Å². The Morgan fingerprint density at radius 1 is 1.19 bits per heavy atom. The van der Waals surface area contributed by atoms with Crippen LogP contribution in [0.4, 0.5) is 5.69 Å². The molecule has 0 spiro atoms. The van der Waals surface area contributed by atoms with E-state index in [4.69, 9.17) is 25.8 Å². The number of fused-ring (bicyclic) bond motifs is 1. The van der Waals surface area contributed by atoms with Crippen molar-refractivity contribution in [3.05, 3.63) is 94.1 Å². The van der Waals surface area contributed by atoms with Gasteiger partial charge in [0.15, 0.2) is 16.3 Å². The highest BCUT2D eigenvalue weighted by Crippen LogP contribution is 2.35. The van der Waals surface area contributed by atoms with Crippen LogP contribution in [0.2, 0.25) is 5.02 Å². The standard InChI is InChI=1S/C25H22ClN3O7S/c1-4-35-19-9-7-15(12-20(19)36-5-2)22-16(24(31)34-3)13-27-25-28(22)23(30)21(37-25)11-14-6-8-17(26)18(10-14)29(32)33/h6-13,22H,4-5H2,1-3H3/b21-11-/t22-/m1/s1. The van der Waals surface area contributed by atoms with Crippen molar-refractivity contribution in [2.24, 2.45) is 4.99 Å². The summed E-state index contributed by atoms with van der Waals surface area (Å²) < 4.78 is 18.0. The van der Waals surface area contributed by atoms with E-state index in [0.29, 0.717) is 40.6 Å². The van der Waals surface area contributed by atoms with Crippen LogP contribution in [0.1, 0.15) is 31.0 Å². The number of methoxy groups -OCH3 is 1. The van der Waals surface area contributed by atoms with Crippen LogP contribution in [0.5, 0.6) is 11.5 Å². The van der Waals surface area contributed by atoms with Crippen molar-refractivity contribution in [3.63, 3.8) is 0 Å². The van der Waals surface area contributed by atoms with Gasteiger partial charge in [0.1, 0.15) is 5.02 Å². The first-order valence-corrected chi connectivity index (χ1v) is 12.4. The summed E-state index contributed by atoms with van der Waals surface area (Å²) in [6, 6.07) is 8.61. The van der Waals surface area contributed by atoms with E-state index >= 15 is 0 Å². The molecule has 1 atom stereocenters. The van der Waals surface area contributed by atoms with E-state index in [-0.39, 0.29) is 20.8 Å². The number of esters is 1. The average molecular weight is 544 g/mol. The lowest BCUT2D eigenvalue weighted by Crippen LogP contribution is -2.39. The number of halogens is 1. The van der Waals surface area contributed by atoms with Crippen molar-refractivity contribution in [3.8, 4) is 11.5 Å². The normalized spacial score (nSPS) is 14.9. The largest absolute Gasteiger partial charge is 0.490 e. The van der Waals surface area contributed by atoms with Crippen molar-refractivity contribution in [1.82, 2.24) is 4.57 Å². The molecule has 4 rings (SSSR count). The van der Waals surface area contributed by atoms with Crippen molar-refractivity contribution in [1.29, 1.82) is 0 Å². The number of benzene rings is 2. The zero-order chi connectivity index (χ0) is 26.7. The molecule has 0 aliphatic carbocycles. The summed E-state index contributed by atoms with van der Waals surface area (Å²) in [6.07, 6.45) is 2.91. The van der Waals surface area contributed by atoms with Gasteiger partial charge in [0.05, 0.1) is 41.4 Å². The van der Waals surface area contributed by atoms with Gasteiger partial charge in [0.25, 0.3) is 11.2 Å². The molecule has 1 aliphatic rings. The van der Waals surface area contributed by atoms with Gasteiger partial charge in [-0.2, -0.15) is 0 Å². The van der Waals surface area contributed by atoms with Gasteiger partial charge < -0.3 is 14.2 Å². The number of aromatic nitrogens is 1. The fourth-order valence-corrected chi connectivity index (χ4v) is 5.05. The number of thiazole rings is 1. The van der Waals surface area contributed by atoms with Gasteiger partial charge >= 0.3 is 5.97 Å². The van der Waals surface area contributed by atoms with Crippen LogP contribution in [-0.4, -0.2) is 35.8 Å². The highest BCUT2D eigenvalue weighted by molar-refractivity contribution is 7.07. The van der Waals surface area contributed by atoms with Gasteiger partial charge in [-0.15, -0.1) is 0 Å². The summed E-state index contributed by atoms with van der Waals surface area (Å²) in [6.45, 7) is 4.52. The molecule has 1 aromatic heterocycles. The molecule has 10 nitrogen and oxygen atoms in total. The third-order valence-corrected chi connectivity index (χ3v) is 6.79. The maximum atomic E-state index is 13.6. The SMILES string of the molecule is CCOc1ccc([C@@H]2C(C(=O)OC)=CN=c3s/c(=C\c4ccc(Cl)c([N+](=O)[O-])c4)c(=O)n32)cc1OCC. The van der Waals surface area contributed by atoms with E-state index < -0.39 is 22.5 Å². The van der Waals surface area contributed by atoms with Crippen molar-refractivity contribution >= 4 is 40.7 Å². The van der Waals surface area contributed by atoms with Crippen molar-refractivity contribution in [2.45, 2.75) is 19.9 Å². The fourth-order valence-electron chi connectivity index (χ4n) is 3.90. The Labute approximate surface area is 219 Å². The van der Waals surface area contributed by atoms with E-state index in [2.05, 4.69) is 4.99 Å². The number of nitro groups is 1. The third-order valence-electron chi connectivity index (χ3n) is 5.47. The molecule has 0 saturated carbocycles. The number of rotatable bonds is 8. The zero-order valence-corrected chi connectivity index (χ0v) is 21.7. The lowest BCUT2D eigenvalue weighted by molar-refractivity contribution is -0.384. The zero-order valence-electron chi connectivity index (χ0n) is 20.1. The maximum absolute atomic E-state index is 13.6. The fraction of sp³-hybridized carbons (Fsp3) is 0.240. The van der Waals surface area contributed by atoms with Crippen LogP contribution in [0.3, 0.4) is 0 Å². The number of carbonyl (C=O) groups excluding carboxylic acids is 1. The van der Waals surface area contributed by atoms with Gasteiger partial charge in [-0.05, 0) is 49.2 Å². The monoisotopic (exact) mass is 543 g/mol. The van der Waals surface area contributed by atoms with E-state index in [9.17, 15) is 19.7 Å². The minimum absolute atomic E-state index is 0.00747. The molecule has 3 aromatic rings. The van der Waals surface area contributed by atoms with Crippen LogP contribution in [0.25, 0.3) is 6.08 Å². The Bertz CT molecular complexity index is 1590. The lowest BCUT2D eigenvalue weighted by atomic mass is 9.97. The van der Waals surface area contributed by atoms with Gasteiger partial charge in [-0.25, -0.2) is 9.79 Å². The highest BCUT2D eigenvalue weighted by atomic mass is 35.5. The van der Waals surface area contributed by atoms with Gasteiger partial charge in [-0.3, -0.25) is 19.5 Å². The topological polar surface area (TPSA) is 122 Å². The molecule has 1 aliphatic heterocycles. The minimum atomic E-state index is -0.847. The van der Waals surface area contributed by atoms with Gasteiger partial charge in [-0.1, -0.05) is 35.1 Å². The second kappa shape index (κ2) is 11.0. The van der Waals surface area contributed by atoms with Crippen LogP contribution in [0, 0.1) is 10.1 Å². The van der Waals surface area contributed by atoms with E-state index in [1.54, 1.807) is 24.3 Å². The molecule has 0 bridgehead atoms. The first kappa shape index (κ1) is 26.1. The maximum Gasteiger partial charge on any atom is 0.337 e. The summed E-state index contributed by atoms with van der Waals surface area (Å²) in [5, 5.41) is 11.3. The molecule has 2 aromatic carbocycles. The molecule has 0 unspecified atom stereocenters. The quantitative estimate of drug-likeness (QED) is 0.242. The van der Waals surface area contributed by atoms with Crippen LogP contribution in [-0.2, 0) is 9.53 Å². The lowest BCUT2D eigenvalue weighted by Gasteiger charge is -2.23. The second-order valence-corrected chi connectivity index (χ2v) is 9.13. The molecule has 2 heterocycles. The Hall–Kier alpha value is -3.96. The first-order valence-electron chi connectivity index (χ1n) is 11.2. The van der Waals surface area contributed by atoms with Crippen LogP contribution < -0.4 is 24.4 Å². The number of carbonyl (C=O) groups is 1. The Morgan fingerprint density at radius 3 is 2.59 bits per heavy atom. The van der Waals surface area contributed by atoms with Crippen molar-refractivity contribution in [2.75, 3.05) is 20.3 Å². The summed E-state index contributed by atoms with van der Waals surface area (Å²) in [4.78, 5) is 41.7. The number of nitro benzene ring substituents is 1. The van der Waals surface area contributed by atoms with E-state index in [1.165, 1.54) is 36.1 Å². The van der Waals surface area contributed by atoms with Gasteiger partial charge in [0.2, 0.25) is 0 Å². The third kappa shape index (κ3) is 5.13. The molecule has 0 fully saturated rings. The highest BCUT2D eigenvalue weighted by Gasteiger charge is 2.31. The summed E-state index contributed by atoms with van der Waals surface area (Å²) >= 11 is 7.01. The Morgan fingerprint density at radius 2 is 1.92 bits per heavy atom. The smallest absolute Gasteiger partial charge is 0.337 e. The molecular weight excluding hydrogens is 522 g/mol.